The van der Waals surface area contributed by atoms with Crippen LogP contribution in [-0.2, 0) is 4.79 Å². The normalized spacial score (nSPS) is 9.29. The van der Waals surface area contributed by atoms with Crippen molar-refractivity contribution in [2.75, 3.05) is 0 Å². The van der Waals surface area contributed by atoms with Crippen molar-refractivity contribution in [3.63, 3.8) is 0 Å². The van der Waals surface area contributed by atoms with E-state index in [0.29, 0.717) is 0 Å². The van der Waals surface area contributed by atoms with E-state index in [1.54, 1.807) is 0 Å². The van der Waals surface area contributed by atoms with Gasteiger partial charge >= 0.3 is 0 Å². The van der Waals surface area contributed by atoms with Crippen molar-refractivity contribution in [2.45, 2.75) is 6.42 Å². The number of benzene rings is 1. The van der Waals surface area contributed by atoms with Gasteiger partial charge in [-0.05, 0) is 6.07 Å². The molecule has 0 aliphatic carbocycles. The molecule has 17 heavy (non-hydrogen) atoms. The largest absolute Gasteiger partial charge is 0.369 e. The predicted molar refractivity (Wildman–Crippen MR) is 63.8 cm³/mol. The SMILES string of the molecule is NC(=O)CC#Cc1cc(Cl)c(Cl)cc1[N+](=O)[O-]. The van der Waals surface area contributed by atoms with Gasteiger partial charge in [0.1, 0.15) is 5.56 Å². The molecule has 0 aromatic heterocycles. The van der Waals surface area contributed by atoms with E-state index in [0.717, 1.165) is 6.07 Å². The number of hydrogen-bond donors (Lipinski definition) is 1. The summed E-state index contributed by atoms with van der Waals surface area (Å²) in [5.41, 5.74) is 4.71. The molecule has 0 saturated heterocycles. The first-order valence-corrected chi connectivity index (χ1v) is 5.08. The Kier molecular flexibility index (Phi) is 4.32. The van der Waals surface area contributed by atoms with Crippen LogP contribution in [0.2, 0.25) is 10.0 Å². The molecular formula is C10H6Cl2N2O3. The van der Waals surface area contributed by atoms with Crippen LogP contribution in [0.3, 0.4) is 0 Å². The Hall–Kier alpha value is -1.77. The van der Waals surface area contributed by atoms with Crippen molar-refractivity contribution in [1.82, 2.24) is 0 Å². The van der Waals surface area contributed by atoms with E-state index < -0.39 is 10.8 Å². The number of rotatable bonds is 2. The average Bonchev–Trinajstić information content (AvgIpc) is 2.22. The first kappa shape index (κ1) is 13.3. The Labute approximate surface area is 107 Å². The number of nitrogens with two attached hydrogens (primary N) is 1. The van der Waals surface area contributed by atoms with Gasteiger partial charge in [-0.3, -0.25) is 14.9 Å². The first-order chi connectivity index (χ1) is 7.91. The minimum Gasteiger partial charge on any atom is -0.369 e. The molecule has 0 aliphatic rings. The fraction of sp³-hybridized carbons (Fsp3) is 0.100. The molecule has 0 atom stereocenters. The molecule has 88 valence electrons. The molecule has 0 saturated carbocycles. The highest BCUT2D eigenvalue weighted by Crippen LogP contribution is 2.29. The highest BCUT2D eigenvalue weighted by molar-refractivity contribution is 6.42. The van der Waals surface area contributed by atoms with Gasteiger partial charge in [0.05, 0.1) is 21.4 Å². The smallest absolute Gasteiger partial charge is 0.286 e. The molecule has 0 aliphatic heterocycles. The van der Waals surface area contributed by atoms with Crippen molar-refractivity contribution in [2.24, 2.45) is 5.73 Å². The van der Waals surface area contributed by atoms with E-state index in [4.69, 9.17) is 28.9 Å². The predicted octanol–water partition coefficient (Wildman–Crippen LogP) is 2.13. The summed E-state index contributed by atoms with van der Waals surface area (Å²) in [7, 11) is 0. The maximum atomic E-state index is 10.7. The van der Waals surface area contributed by atoms with Crippen LogP contribution in [-0.4, -0.2) is 10.8 Å². The second-order valence-corrected chi connectivity index (χ2v) is 3.80. The number of nitro benzene ring substituents is 1. The van der Waals surface area contributed by atoms with Crippen molar-refractivity contribution >= 4 is 34.8 Å². The number of amides is 1. The molecule has 7 heteroatoms. The third-order valence-electron chi connectivity index (χ3n) is 1.72. The molecule has 5 nitrogen and oxygen atoms in total. The van der Waals surface area contributed by atoms with E-state index in [9.17, 15) is 14.9 Å². The van der Waals surface area contributed by atoms with Crippen LogP contribution < -0.4 is 5.73 Å². The monoisotopic (exact) mass is 272 g/mol. The highest BCUT2D eigenvalue weighted by atomic mass is 35.5. The van der Waals surface area contributed by atoms with Gasteiger partial charge in [-0.15, -0.1) is 0 Å². The number of nitro groups is 1. The van der Waals surface area contributed by atoms with Crippen LogP contribution in [0, 0.1) is 22.0 Å². The van der Waals surface area contributed by atoms with Crippen LogP contribution in [0.4, 0.5) is 5.69 Å². The average molecular weight is 273 g/mol. The third-order valence-corrected chi connectivity index (χ3v) is 2.44. The quantitative estimate of drug-likeness (QED) is 0.508. The standard InChI is InChI=1S/C10H6Cl2N2O3/c11-7-4-6(2-1-3-10(13)15)9(14(16)17)5-8(7)12/h4-5H,3H2,(H2,13,15). The Morgan fingerprint density at radius 1 is 1.41 bits per heavy atom. The summed E-state index contributed by atoms with van der Waals surface area (Å²) in [6.45, 7) is 0. The topological polar surface area (TPSA) is 86.2 Å². The van der Waals surface area contributed by atoms with Crippen molar-refractivity contribution in [3.8, 4) is 11.8 Å². The fourth-order valence-electron chi connectivity index (χ4n) is 1.01. The fourth-order valence-corrected chi connectivity index (χ4v) is 1.34. The van der Waals surface area contributed by atoms with Gasteiger partial charge in [0.2, 0.25) is 5.91 Å². The van der Waals surface area contributed by atoms with E-state index >= 15 is 0 Å². The minimum absolute atomic E-state index is 0.0683. The molecule has 0 unspecified atom stereocenters. The second-order valence-electron chi connectivity index (χ2n) is 2.99. The van der Waals surface area contributed by atoms with Crippen molar-refractivity contribution < 1.29 is 9.72 Å². The van der Waals surface area contributed by atoms with Gasteiger partial charge in [-0.1, -0.05) is 35.0 Å². The molecule has 0 radical (unpaired) electrons. The molecule has 0 fully saturated rings. The van der Waals surface area contributed by atoms with Crippen LogP contribution in [0.25, 0.3) is 0 Å². The summed E-state index contributed by atoms with van der Waals surface area (Å²) in [4.78, 5) is 20.6. The van der Waals surface area contributed by atoms with E-state index in [2.05, 4.69) is 11.8 Å². The zero-order valence-electron chi connectivity index (χ0n) is 8.37. The van der Waals surface area contributed by atoms with Crippen molar-refractivity contribution in [1.29, 1.82) is 0 Å². The second kappa shape index (κ2) is 5.53. The summed E-state index contributed by atoms with van der Waals surface area (Å²) >= 11 is 11.4. The lowest BCUT2D eigenvalue weighted by molar-refractivity contribution is -0.385. The number of primary amides is 1. The zero-order valence-corrected chi connectivity index (χ0v) is 9.88. The molecule has 0 heterocycles. The Balaban J connectivity index is 3.20. The third kappa shape index (κ3) is 3.63. The van der Waals surface area contributed by atoms with Gasteiger partial charge in [0.25, 0.3) is 5.69 Å². The summed E-state index contributed by atoms with van der Waals surface area (Å²) in [5, 5.41) is 10.9. The molecule has 1 amide bonds. The molecular weight excluding hydrogens is 267 g/mol. The number of halogens is 2. The zero-order chi connectivity index (χ0) is 13.0. The van der Waals surface area contributed by atoms with Gasteiger partial charge in [0, 0.05) is 6.07 Å². The number of carbonyl (C=O) groups excluding carboxylic acids is 1. The van der Waals surface area contributed by atoms with Crippen LogP contribution >= 0.6 is 23.2 Å². The van der Waals surface area contributed by atoms with E-state index in [-0.39, 0.29) is 27.7 Å². The number of hydrogen-bond acceptors (Lipinski definition) is 3. The van der Waals surface area contributed by atoms with Gasteiger partial charge in [-0.2, -0.15) is 0 Å². The van der Waals surface area contributed by atoms with Gasteiger partial charge in [0.15, 0.2) is 0 Å². The maximum absolute atomic E-state index is 10.7. The maximum Gasteiger partial charge on any atom is 0.286 e. The van der Waals surface area contributed by atoms with Crippen LogP contribution in [0.1, 0.15) is 12.0 Å². The Morgan fingerprint density at radius 3 is 2.53 bits per heavy atom. The van der Waals surface area contributed by atoms with Crippen molar-refractivity contribution in [3.05, 3.63) is 37.9 Å². The van der Waals surface area contributed by atoms with Crippen LogP contribution in [0.15, 0.2) is 12.1 Å². The molecule has 0 spiro atoms. The summed E-state index contributed by atoms with van der Waals surface area (Å²) in [5.74, 6) is 4.26. The lowest BCUT2D eigenvalue weighted by Gasteiger charge is -1.98. The lowest BCUT2D eigenvalue weighted by atomic mass is 10.2. The number of nitrogens with zero attached hydrogens (tertiary/aromatic N) is 1. The molecule has 1 rings (SSSR count). The van der Waals surface area contributed by atoms with E-state index in [1.807, 2.05) is 0 Å². The summed E-state index contributed by atoms with van der Waals surface area (Å²) < 4.78 is 0. The van der Waals surface area contributed by atoms with E-state index in [1.165, 1.54) is 6.07 Å². The highest BCUT2D eigenvalue weighted by Gasteiger charge is 2.15. The van der Waals surface area contributed by atoms with Gasteiger partial charge < -0.3 is 5.73 Å². The summed E-state index contributed by atoms with van der Waals surface area (Å²) in [6.07, 6.45) is -0.183. The molecule has 2 N–H and O–H groups in total. The minimum atomic E-state index is -0.628. The number of carbonyl (C=O) groups is 1. The summed E-state index contributed by atoms with van der Waals surface area (Å²) in [6, 6.07) is 2.38. The molecule has 0 bridgehead atoms. The lowest BCUT2D eigenvalue weighted by Crippen LogP contribution is -2.08. The first-order valence-electron chi connectivity index (χ1n) is 4.32. The molecule has 1 aromatic rings. The Bertz CT molecular complexity index is 546. The van der Waals surface area contributed by atoms with Gasteiger partial charge in [-0.25, -0.2) is 0 Å². The Morgan fingerprint density at radius 2 is 2.00 bits per heavy atom. The van der Waals surface area contributed by atoms with Crippen LogP contribution in [0.5, 0.6) is 0 Å². The molecule has 1 aromatic carbocycles.